The summed E-state index contributed by atoms with van der Waals surface area (Å²) in [5.74, 6) is -0.0252. The molecular formula is C22H44O3. The van der Waals surface area contributed by atoms with Crippen molar-refractivity contribution in [2.45, 2.75) is 129 Å². The van der Waals surface area contributed by atoms with Crippen molar-refractivity contribution in [1.29, 1.82) is 0 Å². The second kappa shape index (κ2) is 19.8. The van der Waals surface area contributed by atoms with E-state index in [4.69, 9.17) is 9.84 Å². The molecule has 3 nitrogen and oxygen atoms in total. The molecule has 0 saturated carbocycles. The summed E-state index contributed by atoms with van der Waals surface area (Å²) >= 11 is 0. The minimum absolute atomic E-state index is 0.0252. The monoisotopic (exact) mass is 356 g/mol. The molecule has 0 heterocycles. The van der Waals surface area contributed by atoms with Crippen LogP contribution in [0, 0.1) is 0 Å². The predicted octanol–water partition coefficient (Wildman–Crippen LogP) is 6.56. The quantitative estimate of drug-likeness (QED) is 0.210. The van der Waals surface area contributed by atoms with E-state index in [1.807, 2.05) is 13.8 Å². The fourth-order valence-electron chi connectivity index (χ4n) is 3.05. The van der Waals surface area contributed by atoms with Gasteiger partial charge in [-0.1, -0.05) is 90.4 Å². The Morgan fingerprint density at radius 2 is 1.08 bits per heavy atom. The van der Waals surface area contributed by atoms with Gasteiger partial charge in [0.1, 0.15) is 0 Å². The first kappa shape index (κ1) is 24.4. The molecule has 0 aliphatic heterocycles. The van der Waals surface area contributed by atoms with Gasteiger partial charge in [-0.15, -0.1) is 0 Å². The van der Waals surface area contributed by atoms with E-state index in [0.29, 0.717) is 13.0 Å². The highest BCUT2D eigenvalue weighted by molar-refractivity contribution is 5.69. The summed E-state index contributed by atoms with van der Waals surface area (Å²) in [6, 6.07) is 0. The maximum absolute atomic E-state index is 11.5. The smallest absolute Gasteiger partial charge is 0.306 e. The first-order valence-electron chi connectivity index (χ1n) is 11.0. The van der Waals surface area contributed by atoms with Crippen LogP contribution >= 0.6 is 0 Å². The third kappa shape index (κ3) is 19.6. The molecule has 1 atom stereocenters. The zero-order valence-corrected chi connectivity index (χ0v) is 17.1. The molecule has 3 heteroatoms. The topological polar surface area (TPSA) is 46.5 Å². The van der Waals surface area contributed by atoms with Gasteiger partial charge in [-0.2, -0.15) is 0 Å². The lowest BCUT2D eigenvalue weighted by atomic mass is 10.0. The molecule has 25 heavy (non-hydrogen) atoms. The number of hydrogen-bond donors (Lipinski definition) is 1. The van der Waals surface area contributed by atoms with Crippen LogP contribution in [-0.2, 0) is 9.53 Å². The Labute approximate surface area is 156 Å². The molecule has 1 unspecified atom stereocenters. The summed E-state index contributed by atoms with van der Waals surface area (Å²) in [7, 11) is 0. The summed E-state index contributed by atoms with van der Waals surface area (Å²) in [5.41, 5.74) is 0. The minimum atomic E-state index is -0.0252. The summed E-state index contributed by atoms with van der Waals surface area (Å²) in [6.07, 6.45) is 20.7. The molecule has 0 aromatic rings. The van der Waals surface area contributed by atoms with Gasteiger partial charge in [-0.25, -0.2) is 0 Å². The number of rotatable bonds is 19. The third-order valence-corrected chi connectivity index (χ3v) is 4.95. The third-order valence-electron chi connectivity index (χ3n) is 4.95. The van der Waals surface area contributed by atoms with Crippen LogP contribution in [0.25, 0.3) is 0 Å². The second-order valence-electron chi connectivity index (χ2n) is 7.49. The number of unbranched alkanes of at least 4 members (excludes halogenated alkanes) is 14. The number of aliphatic hydroxyl groups is 1. The summed E-state index contributed by atoms with van der Waals surface area (Å²) in [4.78, 5) is 11.5. The van der Waals surface area contributed by atoms with Crippen molar-refractivity contribution in [3.8, 4) is 0 Å². The van der Waals surface area contributed by atoms with E-state index in [1.54, 1.807) is 0 Å². The highest BCUT2D eigenvalue weighted by Gasteiger charge is 2.06. The lowest BCUT2D eigenvalue weighted by molar-refractivity contribution is -0.148. The molecule has 0 bridgehead atoms. The van der Waals surface area contributed by atoms with Crippen molar-refractivity contribution in [2.24, 2.45) is 0 Å². The fourth-order valence-corrected chi connectivity index (χ4v) is 3.05. The highest BCUT2D eigenvalue weighted by atomic mass is 16.5. The van der Waals surface area contributed by atoms with Crippen LogP contribution in [0.3, 0.4) is 0 Å². The molecule has 0 aliphatic rings. The molecule has 1 N–H and O–H groups in total. The Morgan fingerprint density at radius 3 is 1.44 bits per heavy atom. The van der Waals surface area contributed by atoms with Gasteiger partial charge >= 0.3 is 5.97 Å². The second-order valence-corrected chi connectivity index (χ2v) is 7.49. The van der Waals surface area contributed by atoms with Gasteiger partial charge in [-0.05, 0) is 26.2 Å². The summed E-state index contributed by atoms with van der Waals surface area (Å²) < 4.78 is 5.27. The number of hydrogen-bond acceptors (Lipinski definition) is 3. The number of aliphatic hydroxyl groups excluding tert-OH is 1. The van der Waals surface area contributed by atoms with E-state index < -0.39 is 0 Å². The standard InChI is InChI=1S/C22H44O3/c1-3-21(2)25-22(24)19-17-15-13-11-9-7-5-4-6-8-10-12-14-16-18-20-23/h21,23H,3-20H2,1-2H3. The van der Waals surface area contributed by atoms with Crippen LogP contribution < -0.4 is 0 Å². The van der Waals surface area contributed by atoms with Crippen molar-refractivity contribution < 1.29 is 14.6 Å². The Morgan fingerprint density at radius 1 is 0.720 bits per heavy atom. The molecule has 0 aromatic heterocycles. The van der Waals surface area contributed by atoms with E-state index in [9.17, 15) is 4.79 Å². The molecule has 0 amide bonds. The molecule has 0 rings (SSSR count). The van der Waals surface area contributed by atoms with Crippen molar-refractivity contribution in [2.75, 3.05) is 6.61 Å². The number of esters is 1. The zero-order chi connectivity index (χ0) is 18.6. The van der Waals surface area contributed by atoms with Crippen molar-refractivity contribution >= 4 is 5.97 Å². The average Bonchev–Trinajstić information content (AvgIpc) is 2.61. The van der Waals surface area contributed by atoms with Crippen LogP contribution in [0.1, 0.15) is 123 Å². The molecular weight excluding hydrogens is 312 g/mol. The zero-order valence-electron chi connectivity index (χ0n) is 17.1. The lowest BCUT2D eigenvalue weighted by Gasteiger charge is -2.10. The van der Waals surface area contributed by atoms with E-state index in [1.165, 1.54) is 77.0 Å². The van der Waals surface area contributed by atoms with Gasteiger partial charge in [0.15, 0.2) is 0 Å². The van der Waals surface area contributed by atoms with Crippen LogP contribution in [0.5, 0.6) is 0 Å². The SMILES string of the molecule is CCC(C)OC(=O)CCCCCCCCCCCCCCCCCO. The molecule has 150 valence electrons. The Bertz CT molecular complexity index is 278. The summed E-state index contributed by atoms with van der Waals surface area (Å²) in [6.45, 7) is 4.35. The van der Waals surface area contributed by atoms with Crippen LogP contribution in [0.15, 0.2) is 0 Å². The largest absolute Gasteiger partial charge is 0.463 e. The van der Waals surface area contributed by atoms with Crippen LogP contribution in [0.4, 0.5) is 0 Å². The molecule has 0 saturated heterocycles. The maximum Gasteiger partial charge on any atom is 0.306 e. The first-order chi connectivity index (χ1) is 12.2. The molecule has 0 radical (unpaired) electrons. The lowest BCUT2D eigenvalue weighted by Crippen LogP contribution is -2.13. The predicted molar refractivity (Wildman–Crippen MR) is 107 cm³/mol. The molecule has 0 aromatic carbocycles. The molecule has 0 fully saturated rings. The van der Waals surface area contributed by atoms with Crippen LogP contribution in [0.2, 0.25) is 0 Å². The number of carbonyl (C=O) groups excluding carboxylic acids is 1. The van der Waals surface area contributed by atoms with E-state index in [0.717, 1.165) is 25.7 Å². The highest BCUT2D eigenvalue weighted by Crippen LogP contribution is 2.14. The number of ether oxygens (including phenoxy) is 1. The number of carbonyl (C=O) groups is 1. The Balaban J connectivity index is 3.11. The Kier molecular flexibility index (Phi) is 19.3. The minimum Gasteiger partial charge on any atom is -0.463 e. The van der Waals surface area contributed by atoms with Crippen molar-refractivity contribution in [1.82, 2.24) is 0 Å². The normalized spacial score (nSPS) is 12.3. The Hall–Kier alpha value is -0.570. The molecule has 0 spiro atoms. The van der Waals surface area contributed by atoms with Gasteiger partial charge in [0.25, 0.3) is 0 Å². The summed E-state index contributed by atoms with van der Waals surface area (Å²) in [5, 5.41) is 8.71. The van der Waals surface area contributed by atoms with Gasteiger partial charge in [0.2, 0.25) is 0 Å². The maximum atomic E-state index is 11.5. The van der Waals surface area contributed by atoms with E-state index >= 15 is 0 Å². The van der Waals surface area contributed by atoms with Gasteiger partial charge in [0, 0.05) is 13.0 Å². The van der Waals surface area contributed by atoms with Crippen molar-refractivity contribution in [3.05, 3.63) is 0 Å². The van der Waals surface area contributed by atoms with Gasteiger partial charge in [-0.3, -0.25) is 4.79 Å². The fraction of sp³-hybridized carbons (Fsp3) is 0.955. The first-order valence-corrected chi connectivity index (χ1v) is 11.0. The van der Waals surface area contributed by atoms with Gasteiger partial charge < -0.3 is 9.84 Å². The van der Waals surface area contributed by atoms with E-state index in [-0.39, 0.29) is 12.1 Å². The molecule has 0 aliphatic carbocycles. The average molecular weight is 357 g/mol. The van der Waals surface area contributed by atoms with Crippen molar-refractivity contribution in [3.63, 3.8) is 0 Å². The van der Waals surface area contributed by atoms with Gasteiger partial charge in [0.05, 0.1) is 6.10 Å². The van der Waals surface area contributed by atoms with Crippen LogP contribution in [-0.4, -0.2) is 23.8 Å². The van der Waals surface area contributed by atoms with E-state index in [2.05, 4.69) is 0 Å².